The molecule has 0 spiro atoms. The molecule has 8 heteroatoms. The van der Waals surface area contributed by atoms with Gasteiger partial charge in [0, 0.05) is 22.9 Å². The lowest BCUT2D eigenvalue weighted by atomic mass is 10.2. The number of amides is 1. The van der Waals surface area contributed by atoms with Crippen molar-refractivity contribution in [1.29, 1.82) is 0 Å². The lowest BCUT2D eigenvalue weighted by Crippen LogP contribution is -2.23. The molecule has 0 aliphatic rings. The minimum Gasteiger partial charge on any atom is -0.435 e. The maximum absolute atomic E-state index is 12.2. The summed E-state index contributed by atoms with van der Waals surface area (Å²) in [5.41, 5.74) is 1.98. The van der Waals surface area contributed by atoms with Crippen LogP contribution in [0.1, 0.15) is 16.1 Å². The number of alkyl halides is 2. The molecule has 124 valence electrons. The van der Waals surface area contributed by atoms with Gasteiger partial charge in [-0.05, 0) is 29.1 Å². The van der Waals surface area contributed by atoms with Crippen LogP contribution < -0.4 is 10.1 Å². The van der Waals surface area contributed by atoms with Crippen molar-refractivity contribution < 1.29 is 18.3 Å². The van der Waals surface area contributed by atoms with Crippen molar-refractivity contribution in [3.8, 4) is 16.3 Å². The van der Waals surface area contributed by atoms with Gasteiger partial charge in [0.2, 0.25) is 0 Å². The van der Waals surface area contributed by atoms with Gasteiger partial charge < -0.3 is 10.1 Å². The van der Waals surface area contributed by atoms with Gasteiger partial charge in [0.05, 0.1) is 0 Å². The Kier molecular flexibility index (Phi) is 5.17. The van der Waals surface area contributed by atoms with Gasteiger partial charge in [0.15, 0.2) is 0 Å². The number of thiazole rings is 1. The van der Waals surface area contributed by atoms with Crippen LogP contribution in [0, 0.1) is 0 Å². The number of aromatic nitrogens is 1. The van der Waals surface area contributed by atoms with Crippen LogP contribution in [0.15, 0.2) is 46.5 Å². The summed E-state index contributed by atoms with van der Waals surface area (Å²) in [5.74, 6) is -0.252. The topological polar surface area (TPSA) is 51.2 Å². The number of carbonyl (C=O) groups excluding carboxylic acids is 1. The largest absolute Gasteiger partial charge is 0.435 e. The number of nitrogens with one attached hydrogen (secondary N) is 1. The van der Waals surface area contributed by atoms with E-state index >= 15 is 0 Å². The minimum absolute atomic E-state index is 0.0603. The molecule has 0 bridgehead atoms. The SMILES string of the molecule is O=C(NCc1cccc(OC(F)F)c1)c1csc(-c2ccsc2)n1. The number of benzene rings is 1. The van der Waals surface area contributed by atoms with Crippen LogP contribution in [0.2, 0.25) is 0 Å². The summed E-state index contributed by atoms with van der Waals surface area (Å²) in [7, 11) is 0. The zero-order chi connectivity index (χ0) is 16.9. The maximum Gasteiger partial charge on any atom is 0.387 e. The lowest BCUT2D eigenvalue weighted by molar-refractivity contribution is -0.0498. The quantitative estimate of drug-likeness (QED) is 0.703. The van der Waals surface area contributed by atoms with E-state index in [1.807, 2.05) is 16.8 Å². The van der Waals surface area contributed by atoms with Gasteiger partial charge in [-0.2, -0.15) is 20.1 Å². The molecule has 0 unspecified atom stereocenters. The van der Waals surface area contributed by atoms with E-state index < -0.39 is 6.61 Å². The summed E-state index contributed by atoms with van der Waals surface area (Å²) in [5, 5.41) is 9.11. The molecule has 3 aromatic rings. The molecule has 0 fully saturated rings. The predicted octanol–water partition coefficient (Wildman–Crippen LogP) is 4.40. The molecule has 4 nitrogen and oxygen atoms in total. The van der Waals surface area contributed by atoms with Crippen LogP contribution >= 0.6 is 22.7 Å². The highest BCUT2D eigenvalue weighted by Crippen LogP contribution is 2.25. The van der Waals surface area contributed by atoms with E-state index in [0.717, 1.165) is 10.6 Å². The van der Waals surface area contributed by atoms with Crippen LogP contribution in [0.3, 0.4) is 0 Å². The third kappa shape index (κ3) is 4.15. The molecule has 0 radical (unpaired) electrons. The molecule has 1 N–H and O–H groups in total. The predicted molar refractivity (Wildman–Crippen MR) is 89.7 cm³/mol. The summed E-state index contributed by atoms with van der Waals surface area (Å²) in [6, 6.07) is 8.15. The summed E-state index contributed by atoms with van der Waals surface area (Å²) in [6.45, 7) is -2.68. The lowest BCUT2D eigenvalue weighted by Gasteiger charge is -2.07. The zero-order valence-corrected chi connectivity index (χ0v) is 13.9. The van der Waals surface area contributed by atoms with Crippen LogP contribution in [0.4, 0.5) is 8.78 Å². The van der Waals surface area contributed by atoms with E-state index in [9.17, 15) is 13.6 Å². The number of carbonyl (C=O) groups is 1. The number of ether oxygens (including phenoxy) is 1. The van der Waals surface area contributed by atoms with E-state index in [1.54, 1.807) is 28.8 Å². The Morgan fingerprint density at radius 2 is 2.17 bits per heavy atom. The Balaban J connectivity index is 1.61. The number of rotatable bonds is 6. The Hall–Kier alpha value is -2.32. The van der Waals surface area contributed by atoms with Gasteiger partial charge in [-0.1, -0.05) is 12.1 Å². The molecule has 1 amide bonds. The first kappa shape index (κ1) is 16.5. The minimum atomic E-state index is -2.87. The van der Waals surface area contributed by atoms with Crippen molar-refractivity contribution >= 4 is 28.6 Å². The summed E-state index contributed by atoms with van der Waals surface area (Å²) < 4.78 is 28.8. The zero-order valence-electron chi connectivity index (χ0n) is 12.2. The molecule has 2 aromatic heterocycles. The smallest absolute Gasteiger partial charge is 0.387 e. The first-order chi connectivity index (χ1) is 11.6. The fraction of sp³-hybridized carbons (Fsp3) is 0.125. The van der Waals surface area contributed by atoms with Crippen molar-refractivity contribution in [2.75, 3.05) is 0 Å². The van der Waals surface area contributed by atoms with Gasteiger partial charge in [-0.15, -0.1) is 11.3 Å². The number of nitrogens with zero attached hydrogens (tertiary/aromatic N) is 1. The Bertz CT molecular complexity index is 819. The molecule has 0 saturated heterocycles. The van der Waals surface area contributed by atoms with E-state index in [0.29, 0.717) is 11.3 Å². The Morgan fingerprint density at radius 3 is 2.92 bits per heavy atom. The van der Waals surface area contributed by atoms with E-state index in [-0.39, 0.29) is 18.2 Å². The van der Waals surface area contributed by atoms with Crippen LogP contribution in [-0.4, -0.2) is 17.5 Å². The molecule has 24 heavy (non-hydrogen) atoms. The number of thiophene rings is 1. The van der Waals surface area contributed by atoms with Gasteiger partial charge in [-0.25, -0.2) is 4.98 Å². The van der Waals surface area contributed by atoms with E-state index in [1.165, 1.54) is 23.5 Å². The first-order valence-corrected chi connectivity index (χ1v) is 8.74. The molecule has 2 heterocycles. The van der Waals surface area contributed by atoms with E-state index in [4.69, 9.17) is 0 Å². The second-order valence-electron chi connectivity index (χ2n) is 4.76. The van der Waals surface area contributed by atoms with Gasteiger partial charge in [-0.3, -0.25) is 4.79 Å². The van der Waals surface area contributed by atoms with Crippen molar-refractivity contribution in [2.45, 2.75) is 13.2 Å². The van der Waals surface area contributed by atoms with Crippen molar-refractivity contribution in [1.82, 2.24) is 10.3 Å². The monoisotopic (exact) mass is 366 g/mol. The average Bonchev–Trinajstić information content (AvgIpc) is 3.23. The van der Waals surface area contributed by atoms with Gasteiger partial charge in [0.1, 0.15) is 16.5 Å². The highest BCUT2D eigenvalue weighted by atomic mass is 32.1. The molecule has 1 aromatic carbocycles. The normalized spacial score (nSPS) is 10.8. The van der Waals surface area contributed by atoms with Crippen LogP contribution in [0.25, 0.3) is 10.6 Å². The van der Waals surface area contributed by atoms with Crippen LogP contribution in [0.5, 0.6) is 5.75 Å². The molecule has 0 aliphatic carbocycles. The summed E-state index contributed by atoms with van der Waals surface area (Å²) in [6.07, 6.45) is 0. The van der Waals surface area contributed by atoms with Crippen molar-refractivity contribution in [3.63, 3.8) is 0 Å². The molecule has 0 saturated carbocycles. The van der Waals surface area contributed by atoms with Gasteiger partial charge in [0.25, 0.3) is 5.91 Å². The summed E-state index contributed by atoms with van der Waals surface area (Å²) >= 11 is 2.96. The third-order valence-corrected chi connectivity index (χ3v) is 4.66. The van der Waals surface area contributed by atoms with E-state index in [2.05, 4.69) is 15.0 Å². The fourth-order valence-corrected chi connectivity index (χ4v) is 3.51. The molecular weight excluding hydrogens is 354 g/mol. The van der Waals surface area contributed by atoms with Gasteiger partial charge >= 0.3 is 6.61 Å². The number of hydrogen-bond donors (Lipinski definition) is 1. The molecule has 0 atom stereocenters. The standard InChI is InChI=1S/C16H12F2N2O2S2/c17-16(18)22-12-3-1-2-10(6-12)7-19-14(21)13-9-24-15(20-13)11-4-5-23-8-11/h1-6,8-9,16H,7H2,(H,19,21). The second-order valence-corrected chi connectivity index (χ2v) is 6.40. The molecule has 0 aliphatic heterocycles. The Morgan fingerprint density at radius 1 is 1.29 bits per heavy atom. The van der Waals surface area contributed by atoms with Crippen molar-refractivity contribution in [2.24, 2.45) is 0 Å². The maximum atomic E-state index is 12.2. The molecular formula is C16H12F2N2O2S2. The number of hydrogen-bond acceptors (Lipinski definition) is 5. The highest BCUT2D eigenvalue weighted by Gasteiger charge is 2.12. The first-order valence-electron chi connectivity index (χ1n) is 6.92. The molecule has 3 rings (SSSR count). The number of halogens is 2. The summed E-state index contributed by atoms with van der Waals surface area (Å²) in [4.78, 5) is 16.5. The fourth-order valence-electron chi connectivity index (χ4n) is 2.00. The average molecular weight is 366 g/mol. The second kappa shape index (κ2) is 7.50. The van der Waals surface area contributed by atoms with Crippen LogP contribution in [-0.2, 0) is 6.54 Å². The Labute approximate surface area is 144 Å². The van der Waals surface area contributed by atoms with Crippen molar-refractivity contribution in [3.05, 3.63) is 57.7 Å². The highest BCUT2D eigenvalue weighted by molar-refractivity contribution is 7.14. The third-order valence-electron chi connectivity index (χ3n) is 3.08.